The Morgan fingerprint density at radius 3 is 2.56 bits per heavy atom. The highest BCUT2D eigenvalue weighted by atomic mass is 32.1. The summed E-state index contributed by atoms with van der Waals surface area (Å²) in [5.74, 6) is 0.248. The summed E-state index contributed by atoms with van der Waals surface area (Å²) in [6, 6.07) is 2.40. The van der Waals surface area contributed by atoms with Crippen molar-refractivity contribution >= 4 is 23.2 Å². The molecular weight excluding hydrogens is 360 g/mol. The summed E-state index contributed by atoms with van der Waals surface area (Å²) in [5.41, 5.74) is 0.637. The zero-order valence-electron chi connectivity index (χ0n) is 16.2. The zero-order chi connectivity index (χ0) is 19.1. The first-order valence-electron chi connectivity index (χ1n) is 10.2. The van der Waals surface area contributed by atoms with Crippen LogP contribution < -0.4 is 0 Å². The highest BCUT2D eigenvalue weighted by Crippen LogP contribution is 2.57. The number of likely N-dealkylation sites (tertiary alicyclic amines) is 1. The Labute approximate surface area is 165 Å². The fourth-order valence-electron chi connectivity index (χ4n) is 5.13. The summed E-state index contributed by atoms with van der Waals surface area (Å²) >= 11 is 1.67. The third kappa shape index (κ3) is 3.92. The minimum absolute atomic E-state index is 0.105. The summed E-state index contributed by atoms with van der Waals surface area (Å²) in [6.45, 7) is 3.88. The van der Waals surface area contributed by atoms with Crippen LogP contribution in [0.4, 0.5) is 0 Å². The first kappa shape index (κ1) is 18.9. The van der Waals surface area contributed by atoms with Crippen LogP contribution in [0.25, 0.3) is 0 Å². The number of nitrogens with zero attached hydrogens (tertiary/aromatic N) is 2. The van der Waals surface area contributed by atoms with Gasteiger partial charge in [0.25, 0.3) is 0 Å². The van der Waals surface area contributed by atoms with Crippen molar-refractivity contribution in [1.29, 1.82) is 0 Å². The molecule has 6 heteroatoms. The van der Waals surface area contributed by atoms with Crippen molar-refractivity contribution in [3.63, 3.8) is 0 Å². The predicted molar refractivity (Wildman–Crippen MR) is 105 cm³/mol. The number of carbonyl (C=O) groups excluding carboxylic acids is 2. The lowest BCUT2D eigenvalue weighted by Crippen LogP contribution is -2.44. The van der Waals surface area contributed by atoms with Crippen molar-refractivity contribution < 1.29 is 14.7 Å². The number of piperidine rings is 1. The molecule has 1 aromatic heterocycles. The maximum atomic E-state index is 12.6. The molecule has 0 bridgehead atoms. The second-order valence-corrected chi connectivity index (χ2v) is 9.63. The minimum Gasteiger partial charge on any atom is -0.389 e. The average Bonchev–Trinajstić information content (AvgIpc) is 3.00. The Morgan fingerprint density at radius 1 is 1.26 bits per heavy atom. The van der Waals surface area contributed by atoms with Gasteiger partial charge in [0.05, 0.1) is 12.0 Å². The molecule has 1 saturated heterocycles. The van der Waals surface area contributed by atoms with Crippen LogP contribution in [0.15, 0.2) is 16.8 Å². The third-order valence-electron chi connectivity index (χ3n) is 6.99. The van der Waals surface area contributed by atoms with Crippen LogP contribution in [0, 0.1) is 5.41 Å². The molecule has 4 rings (SSSR count). The van der Waals surface area contributed by atoms with Gasteiger partial charge in [-0.3, -0.25) is 9.59 Å². The molecule has 2 heterocycles. The molecule has 3 aliphatic rings. The summed E-state index contributed by atoms with van der Waals surface area (Å²) in [4.78, 5) is 28.8. The molecule has 1 atom stereocenters. The Balaban J connectivity index is 1.32. The first-order valence-corrected chi connectivity index (χ1v) is 11.1. The highest BCUT2D eigenvalue weighted by molar-refractivity contribution is 7.07. The molecule has 27 heavy (non-hydrogen) atoms. The Hall–Kier alpha value is -1.40. The van der Waals surface area contributed by atoms with Crippen molar-refractivity contribution in [1.82, 2.24) is 9.80 Å². The van der Waals surface area contributed by atoms with Crippen LogP contribution in [0.3, 0.4) is 0 Å². The van der Waals surface area contributed by atoms with Crippen molar-refractivity contribution in [2.75, 3.05) is 13.1 Å². The Kier molecular flexibility index (Phi) is 5.06. The maximum Gasteiger partial charge on any atom is 0.225 e. The number of hydrogen-bond acceptors (Lipinski definition) is 4. The van der Waals surface area contributed by atoms with E-state index in [0.29, 0.717) is 12.6 Å². The molecule has 148 valence electrons. The van der Waals surface area contributed by atoms with Gasteiger partial charge in [-0.25, -0.2) is 0 Å². The lowest BCUT2D eigenvalue weighted by molar-refractivity contribution is -0.138. The maximum absolute atomic E-state index is 12.6. The minimum atomic E-state index is -0.764. The Bertz CT molecular complexity index is 688. The molecule has 0 unspecified atom stereocenters. The predicted octanol–water partition coefficient (Wildman–Crippen LogP) is 3.17. The number of hydrogen-bond donors (Lipinski definition) is 1. The van der Waals surface area contributed by atoms with Gasteiger partial charge >= 0.3 is 0 Å². The lowest BCUT2D eigenvalue weighted by Gasteiger charge is -2.36. The van der Waals surface area contributed by atoms with E-state index in [2.05, 4.69) is 16.8 Å². The lowest BCUT2D eigenvalue weighted by atomic mass is 9.90. The highest BCUT2D eigenvalue weighted by Gasteiger charge is 2.58. The van der Waals surface area contributed by atoms with Crippen molar-refractivity contribution in [3.8, 4) is 0 Å². The van der Waals surface area contributed by atoms with Gasteiger partial charge < -0.3 is 14.9 Å². The molecule has 2 amide bonds. The quantitative estimate of drug-likeness (QED) is 0.840. The largest absolute Gasteiger partial charge is 0.389 e. The first-order chi connectivity index (χ1) is 12.9. The number of amides is 2. The van der Waals surface area contributed by atoms with E-state index in [1.54, 1.807) is 18.3 Å². The molecular formula is C21H30N2O3S. The van der Waals surface area contributed by atoms with E-state index in [0.717, 1.165) is 58.0 Å². The molecule has 2 saturated carbocycles. The van der Waals surface area contributed by atoms with E-state index in [1.165, 1.54) is 5.56 Å². The van der Waals surface area contributed by atoms with Crippen LogP contribution in [-0.2, 0) is 16.1 Å². The molecule has 0 radical (unpaired) electrons. The SMILES string of the molecule is CC(=O)N(Cc1ccsc1)[C@H]1CC12CCN(C(=O)CC1(O)CCCC1)CC2. The number of carbonyl (C=O) groups is 2. The van der Waals surface area contributed by atoms with Crippen LogP contribution in [0.1, 0.15) is 63.9 Å². The van der Waals surface area contributed by atoms with Crippen LogP contribution in [0.5, 0.6) is 0 Å². The topological polar surface area (TPSA) is 60.9 Å². The second-order valence-electron chi connectivity index (χ2n) is 8.85. The molecule has 1 aromatic rings. The molecule has 5 nitrogen and oxygen atoms in total. The van der Waals surface area contributed by atoms with E-state index in [1.807, 2.05) is 9.80 Å². The van der Waals surface area contributed by atoms with Gasteiger partial charge in [-0.2, -0.15) is 11.3 Å². The molecule has 2 aliphatic carbocycles. The molecule has 3 fully saturated rings. The number of aliphatic hydroxyl groups is 1. The van der Waals surface area contributed by atoms with Gasteiger partial charge in [-0.05, 0) is 59.9 Å². The van der Waals surface area contributed by atoms with E-state index in [9.17, 15) is 14.7 Å². The average molecular weight is 391 g/mol. The summed E-state index contributed by atoms with van der Waals surface area (Å²) in [7, 11) is 0. The second kappa shape index (κ2) is 7.21. The summed E-state index contributed by atoms with van der Waals surface area (Å²) in [6.07, 6.45) is 6.84. The summed E-state index contributed by atoms with van der Waals surface area (Å²) < 4.78 is 0. The van der Waals surface area contributed by atoms with E-state index in [4.69, 9.17) is 0 Å². The molecule has 0 aromatic carbocycles. The van der Waals surface area contributed by atoms with Crippen molar-refractivity contribution in [2.45, 2.75) is 76.5 Å². The van der Waals surface area contributed by atoms with Gasteiger partial charge in [0.2, 0.25) is 11.8 Å². The molecule has 1 spiro atoms. The molecule has 1 aliphatic heterocycles. The smallest absolute Gasteiger partial charge is 0.225 e. The molecule has 1 N–H and O–H groups in total. The Morgan fingerprint density at radius 2 is 1.96 bits per heavy atom. The third-order valence-corrected chi connectivity index (χ3v) is 7.72. The van der Waals surface area contributed by atoms with Gasteiger partial charge in [-0.1, -0.05) is 12.8 Å². The number of rotatable bonds is 5. The fraction of sp³-hybridized carbons (Fsp3) is 0.714. The summed E-state index contributed by atoms with van der Waals surface area (Å²) in [5, 5.41) is 14.7. The normalized spacial score (nSPS) is 25.6. The van der Waals surface area contributed by atoms with Gasteiger partial charge in [0.1, 0.15) is 0 Å². The van der Waals surface area contributed by atoms with E-state index in [-0.39, 0.29) is 23.7 Å². The van der Waals surface area contributed by atoms with Crippen molar-refractivity contribution in [2.24, 2.45) is 5.41 Å². The fourth-order valence-corrected chi connectivity index (χ4v) is 5.79. The standard InChI is InChI=1S/C21H30N2O3S/c1-16(24)23(14-17-4-11-27-15-17)18-12-20(18)7-9-22(10-8-20)19(25)13-21(26)5-2-3-6-21/h4,11,15,18,26H,2-3,5-10,12-14H2,1H3/t18-/m0/s1. The zero-order valence-corrected chi connectivity index (χ0v) is 17.0. The van der Waals surface area contributed by atoms with Gasteiger partial charge in [-0.15, -0.1) is 0 Å². The van der Waals surface area contributed by atoms with E-state index < -0.39 is 5.60 Å². The van der Waals surface area contributed by atoms with Crippen LogP contribution in [0.2, 0.25) is 0 Å². The van der Waals surface area contributed by atoms with Crippen LogP contribution >= 0.6 is 11.3 Å². The monoisotopic (exact) mass is 390 g/mol. The van der Waals surface area contributed by atoms with Gasteiger partial charge in [0, 0.05) is 32.6 Å². The van der Waals surface area contributed by atoms with Crippen LogP contribution in [-0.4, -0.2) is 51.5 Å². The van der Waals surface area contributed by atoms with E-state index >= 15 is 0 Å². The van der Waals surface area contributed by atoms with Crippen molar-refractivity contribution in [3.05, 3.63) is 22.4 Å². The number of thiophene rings is 1. The van der Waals surface area contributed by atoms with Gasteiger partial charge in [0.15, 0.2) is 0 Å².